The molecule has 0 bridgehead atoms. The monoisotopic (exact) mass is 1130 g/mol. The van der Waals surface area contributed by atoms with Crippen LogP contribution in [0.1, 0.15) is 264 Å². The number of ether oxygens (including phenoxy) is 10. The van der Waals surface area contributed by atoms with E-state index in [2.05, 4.69) is 96.9 Å². The summed E-state index contributed by atoms with van der Waals surface area (Å²) < 4.78 is 54.0. The molecule has 0 aromatic rings. The SMILES string of the molecule is CCCCCCOCCC=COCC(C)C.CCCCCCOCCC=COCC(C)C.CCCCCCOCCC=COCC(C)C.CCCCCCOCCC=COCC(C)C.CCCCCCOCCC=COCCC. The van der Waals surface area contributed by atoms with Crippen LogP contribution in [0.4, 0.5) is 0 Å². The molecular formula is C69H138O10. The molecule has 0 atom stereocenters. The third-order valence-electron chi connectivity index (χ3n) is 10.9. The first kappa shape index (κ1) is 85.3. The molecule has 0 heterocycles. The first-order valence-electron chi connectivity index (χ1n) is 32.7. The van der Waals surface area contributed by atoms with Crippen molar-refractivity contribution in [1.29, 1.82) is 0 Å². The highest BCUT2D eigenvalue weighted by atomic mass is 16.5. The minimum absolute atomic E-state index is 0.597. The second-order valence-corrected chi connectivity index (χ2v) is 21.9. The lowest BCUT2D eigenvalue weighted by Crippen LogP contribution is -1.97. The third-order valence-corrected chi connectivity index (χ3v) is 10.9. The molecule has 0 aromatic heterocycles. The molecule has 0 aliphatic rings. The Morgan fingerprint density at radius 3 is 0.595 bits per heavy atom. The molecule has 10 nitrogen and oxygen atoms in total. The maximum Gasteiger partial charge on any atom is 0.0895 e. The topological polar surface area (TPSA) is 92.3 Å². The summed E-state index contributed by atoms with van der Waals surface area (Å²) in [5.41, 5.74) is 0. The average molecular weight is 1130 g/mol. The molecule has 0 spiro atoms. The van der Waals surface area contributed by atoms with Gasteiger partial charge >= 0.3 is 0 Å². The average Bonchev–Trinajstić information content (AvgIpc) is 3.42. The second kappa shape index (κ2) is 84.3. The van der Waals surface area contributed by atoms with Crippen LogP contribution in [0.15, 0.2) is 61.7 Å². The zero-order chi connectivity index (χ0) is 59.4. The number of rotatable bonds is 55. The smallest absolute Gasteiger partial charge is 0.0895 e. The van der Waals surface area contributed by atoms with Gasteiger partial charge in [0.05, 0.1) is 97.4 Å². The van der Waals surface area contributed by atoms with Crippen LogP contribution >= 0.6 is 0 Å². The fourth-order valence-electron chi connectivity index (χ4n) is 6.28. The van der Waals surface area contributed by atoms with E-state index in [1.807, 2.05) is 30.4 Å². The summed E-state index contributed by atoms with van der Waals surface area (Å²) in [6.07, 6.45) is 50.5. The van der Waals surface area contributed by atoms with Crippen molar-refractivity contribution in [3.8, 4) is 0 Å². The molecule has 0 unspecified atom stereocenters. The predicted molar refractivity (Wildman–Crippen MR) is 343 cm³/mol. The van der Waals surface area contributed by atoms with Crippen molar-refractivity contribution in [2.24, 2.45) is 23.7 Å². The predicted octanol–water partition coefficient (Wildman–Crippen LogP) is 20.6. The summed E-state index contributed by atoms with van der Waals surface area (Å²) >= 11 is 0. The van der Waals surface area contributed by atoms with E-state index in [-0.39, 0.29) is 0 Å². The van der Waals surface area contributed by atoms with Gasteiger partial charge in [-0.25, -0.2) is 0 Å². The quantitative estimate of drug-likeness (QED) is 0.0433. The second-order valence-electron chi connectivity index (χ2n) is 21.9. The van der Waals surface area contributed by atoms with Crippen LogP contribution in [-0.2, 0) is 47.4 Å². The van der Waals surface area contributed by atoms with Crippen LogP contribution in [-0.4, -0.2) is 99.1 Å². The highest BCUT2D eigenvalue weighted by Gasteiger charge is 1.95. The molecule has 0 aromatic carbocycles. The molecule has 79 heavy (non-hydrogen) atoms. The maximum absolute atomic E-state index is 5.50. The zero-order valence-electron chi connectivity index (χ0n) is 55.2. The Hall–Kier alpha value is -2.50. The Kier molecular flexibility index (Phi) is 91.0. The summed E-state index contributed by atoms with van der Waals surface area (Å²) in [5.74, 6) is 2.39. The number of unbranched alkanes of at least 4 members (excludes halogenated alkanes) is 15. The van der Waals surface area contributed by atoms with Gasteiger partial charge in [0.1, 0.15) is 0 Å². The van der Waals surface area contributed by atoms with Crippen LogP contribution in [0.2, 0.25) is 0 Å². The first-order chi connectivity index (χ1) is 38.5. The first-order valence-corrected chi connectivity index (χ1v) is 32.7. The highest BCUT2D eigenvalue weighted by molar-refractivity contribution is 4.75. The summed E-state index contributed by atoms with van der Waals surface area (Å²) in [6, 6.07) is 0. The minimum atomic E-state index is 0.597. The molecule has 0 radical (unpaired) electrons. The van der Waals surface area contributed by atoms with Gasteiger partial charge in [-0.3, -0.25) is 0 Å². The van der Waals surface area contributed by atoms with Crippen LogP contribution < -0.4 is 0 Å². The van der Waals surface area contributed by atoms with Gasteiger partial charge in [-0.1, -0.05) is 193 Å². The van der Waals surface area contributed by atoms with Crippen molar-refractivity contribution < 1.29 is 47.4 Å². The third kappa shape index (κ3) is 108. The standard InChI is InChI=1S/4C14H28O2.C13H26O2/c4*1-4-5-6-7-10-15-11-8-9-12-16-13-14(2)3;1-3-5-6-7-11-15-13-9-8-12-14-10-4-2/h4*9,12,14H,4-8,10-11,13H2,1-3H3;8,12H,3-7,9-11,13H2,1-2H3. The van der Waals surface area contributed by atoms with Crippen molar-refractivity contribution in [3.63, 3.8) is 0 Å². The van der Waals surface area contributed by atoms with Gasteiger partial charge in [0.25, 0.3) is 0 Å². The van der Waals surface area contributed by atoms with Crippen molar-refractivity contribution in [2.75, 3.05) is 99.1 Å². The van der Waals surface area contributed by atoms with Crippen LogP contribution in [0.3, 0.4) is 0 Å². The van der Waals surface area contributed by atoms with Gasteiger partial charge in [-0.15, -0.1) is 0 Å². The maximum atomic E-state index is 5.50. The highest BCUT2D eigenvalue weighted by Crippen LogP contribution is 2.04. The molecule has 474 valence electrons. The Morgan fingerprint density at radius 1 is 0.215 bits per heavy atom. The van der Waals surface area contributed by atoms with E-state index in [9.17, 15) is 0 Å². The van der Waals surface area contributed by atoms with Crippen molar-refractivity contribution in [2.45, 2.75) is 264 Å². The van der Waals surface area contributed by atoms with Gasteiger partial charge in [0.2, 0.25) is 0 Å². The molecule has 0 aliphatic heterocycles. The van der Waals surface area contributed by atoms with Gasteiger partial charge in [-0.05, 0) is 125 Å². The van der Waals surface area contributed by atoms with E-state index in [0.717, 1.165) is 138 Å². The fourth-order valence-corrected chi connectivity index (χ4v) is 6.28. The number of hydrogen-bond acceptors (Lipinski definition) is 10. The summed E-state index contributed by atoms with van der Waals surface area (Å²) in [7, 11) is 0. The number of hydrogen-bond donors (Lipinski definition) is 0. The summed E-state index contributed by atoms with van der Waals surface area (Å²) in [4.78, 5) is 0. The van der Waals surface area contributed by atoms with Crippen LogP contribution in [0.5, 0.6) is 0 Å². The van der Waals surface area contributed by atoms with Crippen molar-refractivity contribution >= 4 is 0 Å². The normalized spacial score (nSPS) is 11.4. The van der Waals surface area contributed by atoms with E-state index in [1.165, 1.54) is 128 Å². The van der Waals surface area contributed by atoms with Gasteiger partial charge in [-0.2, -0.15) is 0 Å². The minimum Gasteiger partial charge on any atom is -0.502 e. The van der Waals surface area contributed by atoms with Crippen LogP contribution in [0, 0.1) is 23.7 Å². The van der Waals surface area contributed by atoms with Gasteiger partial charge < -0.3 is 47.4 Å². The van der Waals surface area contributed by atoms with E-state index in [1.54, 1.807) is 31.3 Å². The van der Waals surface area contributed by atoms with E-state index >= 15 is 0 Å². The lowest BCUT2D eigenvalue weighted by atomic mass is 10.2. The summed E-state index contributed by atoms with van der Waals surface area (Å²) in [6.45, 7) is 43.0. The van der Waals surface area contributed by atoms with Crippen LogP contribution in [0.25, 0.3) is 0 Å². The molecular weight excluding hydrogens is 989 g/mol. The van der Waals surface area contributed by atoms with E-state index in [4.69, 9.17) is 47.4 Å². The van der Waals surface area contributed by atoms with Crippen molar-refractivity contribution in [1.82, 2.24) is 0 Å². The Morgan fingerprint density at radius 2 is 0.418 bits per heavy atom. The fraction of sp³-hybridized carbons (Fsp3) is 0.855. The molecule has 0 aliphatic carbocycles. The summed E-state index contributed by atoms with van der Waals surface area (Å²) in [5, 5.41) is 0. The molecule has 0 saturated carbocycles. The van der Waals surface area contributed by atoms with E-state index in [0.29, 0.717) is 23.7 Å². The molecule has 0 rings (SSSR count). The molecule has 0 amide bonds. The Bertz CT molecular complexity index is 1010. The molecule has 10 heteroatoms. The Balaban J connectivity index is -0.000000289. The van der Waals surface area contributed by atoms with Crippen molar-refractivity contribution in [3.05, 3.63) is 61.7 Å². The molecule has 0 fully saturated rings. The zero-order valence-corrected chi connectivity index (χ0v) is 55.2. The van der Waals surface area contributed by atoms with Gasteiger partial charge in [0, 0.05) is 33.0 Å². The molecule has 0 N–H and O–H groups in total. The lowest BCUT2D eigenvalue weighted by molar-refractivity contribution is 0.133. The Labute approximate surface area is 493 Å². The largest absolute Gasteiger partial charge is 0.502 e. The molecule has 0 saturated heterocycles. The van der Waals surface area contributed by atoms with E-state index < -0.39 is 0 Å². The lowest BCUT2D eigenvalue weighted by Gasteiger charge is -2.03. The van der Waals surface area contributed by atoms with Gasteiger partial charge in [0.15, 0.2) is 0 Å².